The number of sulfone groups is 1. The van der Waals surface area contributed by atoms with Gasteiger partial charge in [-0.25, -0.2) is 8.42 Å². The second-order valence-corrected chi connectivity index (χ2v) is 10.4. The zero-order chi connectivity index (χ0) is 22.5. The second kappa shape index (κ2) is 10.2. The number of carbonyl (C=O) groups excluding carboxylic acids is 1. The molecule has 0 bridgehead atoms. The summed E-state index contributed by atoms with van der Waals surface area (Å²) >= 11 is 0. The van der Waals surface area contributed by atoms with Gasteiger partial charge in [0.25, 0.3) is 0 Å². The fourth-order valence-corrected chi connectivity index (χ4v) is 4.02. The molecule has 2 N–H and O–H groups in total. The van der Waals surface area contributed by atoms with Crippen molar-refractivity contribution in [2.45, 2.75) is 57.9 Å². The number of amides is 1. The highest BCUT2D eigenvalue weighted by molar-refractivity contribution is 7.90. The van der Waals surface area contributed by atoms with Gasteiger partial charge in [-0.3, -0.25) is 4.79 Å². The van der Waals surface area contributed by atoms with Crippen molar-refractivity contribution >= 4 is 21.4 Å². The first kappa shape index (κ1) is 24.1. The van der Waals surface area contributed by atoms with Crippen molar-refractivity contribution in [2.24, 2.45) is 5.92 Å². The molecule has 0 fully saturated rings. The molecule has 0 unspecified atom stereocenters. The predicted molar refractivity (Wildman–Crippen MR) is 124 cm³/mol. The summed E-state index contributed by atoms with van der Waals surface area (Å²) in [6.07, 6.45) is 2.26. The molecule has 6 heteroatoms. The van der Waals surface area contributed by atoms with E-state index in [1.165, 1.54) is 11.6 Å². The van der Waals surface area contributed by atoms with Crippen molar-refractivity contribution in [2.75, 3.05) is 18.1 Å². The molecular formula is C24H34N2O3S. The van der Waals surface area contributed by atoms with Crippen molar-refractivity contribution in [1.82, 2.24) is 5.32 Å². The van der Waals surface area contributed by atoms with Gasteiger partial charge in [0.15, 0.2) is 9.84 Å². The monoisotopic (exact) mass is 430 g/mol. The highest BCUT2D eigenvalue weighted by Crippen LogP contribution is 2.25. The topological polar surface area (TPSA) is 75.3 Å². The maximum absolute atomic E-state index is 12.5. The van der Waals surface area contributed by atoms with Gasteiger partial charge in [0, 0.05) is 18.0 Å². The van der Waals surface area contributed by atoms with Crippen LogP contribution in [0.25, 0.3) is 0 Å². The minimum absolute atomic E-state index is 0.0465. The fraction of sp³-hybridized carbons (Fsp3) is 0.458. The van der Waals surface area contributed by atoms with E-state index in [-0.39, 0.29) is 23.4 Å². The van der Waals surface area contributed by atoms with Gasteiger partial charge in [-0.05, 0) is 54.0 Å². The first-order valence-corrected chi connectivity index (χ1v) is 12.4. The third-order valence-corrected chi connectivity index (χ3v) is 6.65. The molecular weight excluding hydrogens is 396 g/mol. The second-order valence-electron chi connectivity index (χ2n) is 8.38. The summed E-state index contributed by atoms with van der Waals surface area (Å²) in [5, 5.41) is 6.19. The van der Waals surface area contributed by atoms with Crippen LogP contribution in [0, 0.1) is 12.8 Å². The molecule has 2 aromatic rings. The zero-order valence-electron chi connectivity index (χ0n) is 18.8. The van der Waals surface area contributed by atoms with Crippen LogP contribution in [0.4, 0.5) is 5.69 Å². The summed E-state index contributed by atoms with van der Waals surface area (Å²) in [6, 6.07) is 13.4. The fourth-order valence-electron chi connectivity index (χ4n) is 3.37. The van der Waals surface area contributed by atoms with E-state index in [1.807, 2.05) is 6.92 Å². The van der Waals surface area contributed by atoms with E-state index in [0.717, 1.165) is 23.8 Å². The molecule has 5 nitrogen and oxygen atoms in total. The van der Waals surface area contributed by atoms with E-state index in [2.05, 4.69) is 62.6 Å². The Hall–Kier alpha value is -2.18. The third kappa shape index (κ3) is 6.41. The Morgan fingerprint density at radius 1 is 1.00 bits per heavy atom. The molecule has 0 aliphatic carbocycles. The van der Waals surface area contributed by atoms with Crippen LogP contribution in [0.1, 0.15) is 62.8 Å². The average molecular weight is 431 g/mol. The van der Waals surface area contributed by atoms with E-state index in [4.69, 9.17) is 0 Å². The zero-order valence-corrected chi connectivity index (χ0v) is 19.6. The standard InChI is InChI=1S/C24H34N2O3S/c1-7-17(4)19-9-11-20(12-10-19)24(16(2)3)25-15-23(27)26-22-14-21(30(6,28)29)13-8-18(22)5/h8-14,16-17,24-25H,7,15H2,1-6H3,(H,26,27)/t17-,24+/m0/s1. The number of hydrogen-bond donors (Lipinski definition) is 2. The van der Waals surface area contributed by atoms with Gasteiger partial charge in [-0.2, -0.15) is 0 Å². The average Bonchev–Trinajstić information content (AvgIpc) is 2.68. The largest absolute Gasteiger partial charge is 0.325 e. The lowest BCUT2D eigenvalue weighted by molar-refractivity contribution is -0.115. The Bertz CT molecular complexity index is 966. The highest BCUT2D eigenvalue weighted by atomic mass is 32.2. The minimum Gasteiger partial charge on any atom is -0.325 e. The molecule has 164 valence electrons. The van der Waals surface area contributed by atoms with E-state index >= 15 is 0 Å². The molecule has 0 heterocycles. The van der Waals surface area contributed by atoms with Crippen LogP contribution >= 0.6 is 0 Å². The van der Waals surface area contributed by atoms with E-state index in [1.54, 1.807) is 12.1 Å². The van der Waals surface area contributed by atoms with Gasteiger partial charge in [0.1, 0.15) is 0 Å². The summed E-state index contributed by atoms with van der Waals surface area (Å²) < 4.78 is 23.6. The van der Waals surface area contributed by atoms with Crippen LogP contribution in [0.2, 0.25) is 0 Å². The summed E-state index contributed by atoms with van der Waals surface area (Å²) in [4.78, 5) is 12.7. The molecule has 0 saturated heterocycles. The van der Waals surface area contributed by atoms with Gasteiger partial charge in [0.05, 0.1) is 11.4 Å². The summed E-state index contributed by atoms with van der Waals surface area (Å²) in [5.41, 5.74) is 3.81. The number of nitrogens with one attached hydrogen (secondary N) is 2. The van der Waals surface area contributed by atoms with Gasteiger partial charge < -0.3 is 10.6 Å². The van der Waals surface area contributed by atoms with Crippen LogP contribution in [0.15, 0.2) is 47.4 Å². The van der Waals surface area contributed by atoms with Crippen LogP contribution in [0.5, 0.6) is 0 Å². The quantitative estimate of drug-likeness (QED) is 0.597. The van der Waals surface area contributed by atoms with Crippen molar-refractivity contribution in [3.8, 4) is 0 Å². The lowest BCUT2D eigenvalue weighted by Gasteiger charge is -2.23. The molecule has 2 rings (SSSR count). The number of rotatable bonds is 9. The SMILES string of the molecule is CC[C@H](C)c1ccc([C@H](NCC(=O)Nc2cc(S(C)(=O)=O)ccc2C)C(C)C)cc1. The Kier molecular flexibility index (Phi) is 8.21. The molecule has 30 heavy (non-hydrogen) atoms. The molecule has 0 spiro atoms. The number of benzene rings is 2. The Labute approximate surface area is 181 Å². The maximum Gasteiger partial charge on any atom is 0.238 e. The molecule has 0 radical (unpaired) electrons. The van der Waals surface area contributed by atoms with E-state index in [9.17, 15) is 13.2 Å². The number of carbonyl (C=O) groups is 1. The van der Waals surface area contributed by atoms with Crippen molar-refractivity contribution in [1.29, 1.82) is 0 Å². The molecule has 2 atom stereocenters. The van der Waals surface area contributed by atoms with Crippen molar-refractivity contribution in [3.05, 3.63) is 59.2 Å². The van der Waals surface area contributed by atoms with Gasteiger partial charge in [-0.15, -0.1) is 0 Å². The molecule has 2 aromatic carbocycles. The number of aryl methyl sites for hydroxylation is 1. The molecule has 0 aliphatic heterocycles. The Balaban J connectivity index is 2.07. The number of anilines is 1. The highest BCUT2D eigenvalue weighted by Gasteiger charge is 2.18. The molecule has 1 amide bonds. The van der Waals surface area contributed by atoms with Crippen LogP contribution in [-0.4, -0.2) is 27.1 Å². The number of hydrogen-bond acceptors (Lipinski definition) is 4. The van der Waals surface area contributed by atoms with Crippen molar-refractivity contribution < 1.29 is 13.2 Å². The van der Waals surface area contributed by atoms with Gasteiger partial charge in [0.2, 0.25) is 5.91 Å². The molecule has 0 aliphatic rings. The van der Waals surface area contributed by atoms with Crippen LogP contribution in [0.3, 0.4) is 0 Å². The minimum atomic E-state index is -3.33. The molecule has 0 aromatic heterocycles. The maximum atomic E-state index is 12.5. The third-order valence-electron chi connectivity index (χ3n) is 5.54. The first-order valence-electron chi connectivity index (χ1n) is 10.5. The summed E-state index contributed by atoms with van der Waals surface area (Å²) in [7, 11) is -3.33. The lowest BCUT2D eigenvalue weighted by Crippen LogP contribution is -2.33. The van der Waals surface area contributed by atoms with Crippen LogP contribution < -0.4 is 10.6 Å². The van der Waals surface area contributed by atoms with E-state index < -0.39 is 9.84 Å². The van der Waals surface area contributed by atoms with Crippen LogP contribution in [-0.2, 0) is 14.6 Å². The predicted octanol–water partition coefficient (Wildman–Crippen LogP) is 4.84. The first-order chi connectivity index (χ1) is 14.0. The summed E-state index contributed by atoms with van der Waals surface area (Å²) in [5.74, 6) is 0.634. The van der Waals surface area contributed by atoms with E-state index in [0.29, 0.717) is 17.5 Å². The Morgan fingerprint density at radius 2 is 1.60 bits per heavy atom. The summed E-state index contributed by atoms with van der Waals surface area (Å²) in [6.45, 7) is 10.6. The van der Waals surface area contributed by atoms with Gasteiger partial charge in [-0.1, -0.05) is 58.0 Å². The normalized spacial score (nSPS) is 13.8. The lowest BCUT2D eigenvalue weighted by atomic mass is 9.92. The smallest absolute Gasteiger partial charge is 0.238 e. The van der Waals surface area contributed by atoms with Crippen molar-refractivity contribution in [3.63, 3.8) is 0 Å². The van der Waals surface area contributed by atoms with Gasteiger partial charge >= 0.3 is 0 Å². The molecule has 0 saturated carbocycles. The Morgan fingerprint density at radius 3 is 2.13 bits per heavy atom.